The quantitative estimate of drug-likeness (QED) is 0.284. The molecule has 2 rings (SSSR count). The second kappa shape index (κ2) is 12.4. The van der Waals surface area contributed by atoms with Crippen molar-refractivity contribution in [2.75, 3.05) is 18.4 Å². The van der Waals surface area contributed by atoms with Crippen LogP contribution in [0.5, 0.6) is 0 Å². The number of aryl methyl sites for hydroxylation is 1. The van der Waals surface area contributed by atoms with Crippen molar-refractivity contribution in [1.29, 1.82) is 0 Å². The third kappa shape index (κ3) is 8.97. The van der Waals surface area contributed by atoms with Crippen molar-refractivity contribution >= 4 is 41.7 Å². The minimum atomic E-state index is -4.39. The largest absolute Gasteiger partial charge is 0.416 e. The fourth-order valence-electron chi connectivity index (χ4n) is 2.40. The van der Waals surface area contributed by atoms with E-state index in [9.17, 15) is 18.0 Å². The molecule has 1 amide bonds. The number of nitrogens with one attached hydrogen (secondary N) is 3. The van der Waals surface area contributed by atoms with Crippen LogP contribution < -0.4 is 16.0 Å². The van der Waals surface area contributed by atoms with Crippen LogP contribution in [0.3, 0.4) is 0 Å². The SMILES string of the molecule is CCNC(=NCc1cccc(C(F)(F)F)c1)NCCC(=O)Nc1ccc(C)cn1.I. The van der Waals surface area contributed by atoms with Gasteiger partial charge in [-0.1, -0.05) is 18.2 Å². The van der Waals surface area contributed by atoms with E-state index < -0.39 is 11.7 Å². The Morgan fingerprint density at radius 1 is 1.17 bits per heavy atom. The molecule has 1 aromatic heterocycles. The van der Waals surface area contributed by atoms with E-state index in [0.717, 1.165) is 17.7 Å². The molecule has 0 fully saturated rings. The van der Waals surface area contributed by atoms with Gasteiger partial charge in [0.15, 0.2) is 5.96 Å². The second-order valence-corrected chi connectivity index (χ2v) is 6.34. The highest BCUT2D eigenvalue weighted by Gasteiger charge is 2.30. The van der Waals surface area contributed by atoms with Crippen LogP contribution in [0.2, 0.25) is 0 Å². The predicted octanol–water partition coefficient (Wildman–Crippen LogP) is 4.11. The highest BCUT2D eigenvalue weighted by atomic mass is 127. The number of nitrogens with zero attached hydrogens (tertiary/aromatic N) is 2. The van der Waals surface area contributed by atoms with E-state index in [-0.39, 0.29) is 42.8 Å². The number of halogens is 4. The summed E-state index contributed by atoms with van der Waals surface area (Å²) in [5.74, 6) is 0.694. The summed E-state index contributed by atoms with van der Waals surface area (Å²) in [5, 5.41) is 8.69. The van der Waals surface area contributed by atoms with Crippen molar-refractivity contribution < 1.29 is 18.0 Å². The number of guanidine groups is 1. The number of rotatable bonds is 7. The van der Waals surface area contributed by atoms with Gasteiger partial charge in [-0.2, -0.15) is 13.2 Å². The van der Waals surface area contributed by atoms with Gasteiger partial charge in [-0.15, -0.1) is 24.0 Å². The van der Waals surface area contributed by atoms with E-state index in [0.29, 0.717) is 30.4 Å². The predicted molar refractivity (Wildman–Crippen MR) is 122 cm³/mol. The smallest absolute Gasteiger partial charge is 0.357 e. The Bertz CT molecular complexity index is 841. The number of hydrogen-bond donors (Lipinski definition) is 3. The Kier molecular flexibility index (Phi) is 10.6. The van der Waals surface area contributed by atoms with Gasteiger partial charge in [0.25, 0.3) is 0 Å². The lowest BCUT2D eigenvalue weighted by atomic mass is 10.1. The molecular weight excluding hydrogens is 510 g/mol. The summed E-state index contributed by atoms with van der Waals surface area (Å²) in [5.41, 5.74) is 0.738. The molecule has 0 atom stereocenters. The number of anilines is 1. The van der Waals surface area contributed by atoms with E-state index in [1.807, 2.05) is 19.9 Å². The van der Waals surface area contributed by atoms with Gasteiger partial charge < -0.3 is 16.0 Å². The molecule has 1 heterocycles. The van der Waals surface area contributed by atoms with Gasteiger partial charge in [-0.05, 0) is 43.2 Å². The molecule has 0 aliphatic carbocycles. The molecule has 0 saturated heterocycles. The standard InChI is InChI=1S/C20H24F3N5O.HI/c1-3-24-19(27-13-15-5-4-6-16(11-15)20(21,22)23)25-10-9-18(29)28-17-8-7-14(2)12-26-17;/h4-8,11-12H,3,9-10,13H2,1-2H3,(H2,24,25,27)(H,26,28,29);1H. The molecule has 2 aromatic rings. The maximum absolute atomic E-state index is 12.8. The minimum absolute atomic E-state index is 0. The van der Waals surface area contributed by atoms with Crippen LogP contribution in [-0.4, -0.2) is 29.9 Å². The Labute approximate surface area is 190 Å². The topological polar surface area (TPSA) is 78.4 Å². The Morgan fingerprint density at radius 2 is 1.93 bits per heavy atom. The normalized spacial score (nSPS) is 11.4. The van der Waals surface area contributed by atoms with Crippen LogP contribution in [0.1, 0.15) is 30.0 Å². The third-order valence-corrected chi connectivity index (χ3v) is 3.84. The molecule has 0 unspecified atom stereocenters. The number of amides is 1. The lowest BCUT2D eigenvalue weighted by molar-refractivity contribution is -0.137. The lowest BCUT2D eigenvalue weighted by Gasteiger charge is -2.12. The average Bonchev–Trinajstić information content (AvgIpc) is 2.67. The van der Waals surface area contributed by atoms with Gasteiger partial charge in [0, 0.05) is 25.7 Å². The number of aliphatic imine (C=N–C) groups is 1. The van der Waals surface area contributed by atoms with Crippen LogP contribution in [0.4, 0.5) is 19.0 Å². The molecule has 0 aliphatic rings. The fourth-order valence-corrected chi connectivity index (χ4v) is 2.40. The average molecular weight is 535 g/mol. The number of alkyl halides is 3. The Morgan fingerprint density at radius 3 is 2.57 bits per heavy atom. The fraction of sp³-hybridized carbons (Fsp3) is 0.350. The first-order valence-corrected chi connectivity index (χ1v) is 9.18. The number of carbonyl (C=O) groups excluding carboxylic acids is 1. The molecule has 164 valence electrons. The van der Waals surface area contributed by atoms with Gasteiger partial charge in [0.2, 0.25) is 5.91 Å². The molecule has 0 aliphatic heterocycles. The first-order chi connectivity index (χ1) is 13.8. The van der Waals surface area contributed by atoms with Crippen molar-refractivity contribution in [3.63, 3.8) is 0 Å². The molecule has 0 bridgehead atoms. The van der Waals surface area contributed by atoms with Gasteiger partial charge >= 0.3 is 6.18 Å². The van der Waals surface area contributed by atoms with Gasteiger partial charge in [-0.3, -0.25) is 4.79 Å². The Hall–Kier alpha value is -2.37. The first kappa shape index (κ1) is 25.7. The van der Waals surface area contributed by atoms with Crippen LogP contribution in [0.15, 0.2) is 47.6 Å². The number of pyridine rings is 1. The van der Waals surface area contributed by atoms with Crippen LogP contribution >= 0.6 is 24.0 Å². The molecular formula is C20H25F3IN5O. The molecule has 30 heavy (non-hydrogen) atoms. The lowest BCUT2D eigenvalue weighted by Crippen LogP contribution is -2.38. The molecule has 10 heteroatoms. The molecule has 0 saturated carbocycles. The molecule has 6 nitrogen and oxygen atoms in total. The van der Waals surface area contributed by atoms with Gasteiger partial charge in [0.1, 0.15) is 5.82 Å². The van der Waals surface area contributed by atoms with E-state index in [2.05, 4.69) is 25.9 Å². The maximum atomic E-state index is 12.8. The third-order valence-electron chi connectivity index (χ3n) is 3.84. The van der Waals surface area contributed by atoms with Crippen molar-refractivity contribution in [3.8, 4) is 0 Å². The second-order valence-electron chi connectivity index (χ2n) is 6.34. The number of carbonyl (C=O) groups is 1. The molecule has 1 aromatic carbocycles. The van der Waals surface area contributed by atoms with Crippen molar-refractivity contribution in [1.82, 2.24) is 15.6 Å². The number of benzene rings is 1. The zero-order valence-electron chi connectivity index (χ0n) is 16.7. The summed E-state index contributed by atoms with van der Waals surface area (Å²) in [7, 11) is 0. The summed E-state index contributed by atoms with van der Waals surface area (Å²) < 4.78 is 38.4. The highest BCUT2D eigenvalue weighted by Crippen LogP contribution is 2.29. The number of aromatic nitrogens is 1. The van der Waals surface area contributed by atoms with Crippen LogP contribution in [0, 0.1) is 6.92 Å². The van der Waals surface area contributed by atoms with E-state index in [1.54, 1.807) is 18.3 Å². The van der Waals surface area contributed by atoms with Crippen molar-refractivity contribution in [2.45, 2.75) is 33.0 Å². The van der Waals surface area contributed by atoms with Crippen LogP contribution in [-0.2, 0) is 17.5 Å². The van der Waals surface area contributed by atoms with E-state index >= 15 is 0 Å². The first-order valence-electron chi connectivity index (χ1n) is 9.18. The minimum Gasteiger partial charge on any atom is -0.357 e. The molecule has 0 radical (unpaired) electrons. The molecule has 0 spiro atoms. The summed E-state index contributed by atoms with van der Waals surface area (Å²) in [6.07, 6.45) is -2.54. The van der Waals surface area contributed by atoms with E-state index in [1.165, 1.54) is 6.07 Å². The summed E-state index contributed by atoms with van der Waals surface area (Å²) in [6, 6.07) is 8.63. The summed E-state index contributed by atoms with van der Waals surface area (Å²) in [6.45, 7) is 4.75. The highest BCUT2D eigenvalue weighted by molar-refractivity contribution is 14.0. The van der Waals surface area contributed by atoms with E-state index in [4.69, 9.17) is 0 Å². The van der Waals surface area contributed by atoms with Gasteiger partial charge in [0.05, 0.1) is 12.1 Å². The zero-order valence-corrected chi connectivity index (χ0v) is 19.0. The maximum Gasteiger partial charge on any atom is 0.416 e. The summed E-state index contributed by atoms with van der Waals surface area (Å²) >= 11 is 0. The number of hydrogen-bond acceptors (Lipinski definition) is 3. The zero-order chi connectivity index (χ0) is 21.3. The summed E-state index contributed by atoms with van der Waals surface area (Å²) in [4.78, 5) is 20.4. The monoisotopic (exact) mass is 535 g/mol. The van der Waals surface area contributed by atoms with Gasteiger partial charge in [-0.25, -0.2) is 9.98 Å². The molecule has 3 N–H and O–H groups in total. The Balaban J connectivity index is 0.00000450. The van der Waals surface area contributed by atoms with Crippen molar-refractivity contribution in [2.24, 2.45) is 4.99 Å². The van der Waals surface area contributed by atoms with Crippen molar-refractivity contribution in [3.05, 3.63) is 59.3 Å². The van der Waals surface area contributed by atoms with Crippen LogP contribution in [0.25, 0.3) is 0 Å².